The van der Waals surface area contributed by atoms with E-state index in [-0.39, 0.29) is 17.8 Å². The Morgan fingerprint density at radius 1 is 1.03 bits per heavy atom. The molecule has 1 heterocycles. The highest BCUT2D eigenvalue weighted by atomic mass is 32.2. The molecule has 0 fully saturated rings. The third-order valence-electron chi connectivity index (χ3n) is 6.99. The lowest BCUT2D eigenvalue weighted by atomic mass is 9.90. The molecule has 0 saturated heterocycles. The van der Waals surface area contributed by atoms with E-state index in [1.54, 1.807) is 0 Å². The Hall–Kier alpha value is -3.43. The van der Waals surface area contributed by atoms with Crippen LogP contribution >= 0.6 is 0 Å². The minimum Gasteiger partial charge on any atom is -0.494 e. The summed E-state index contributed by atoms with van der Waals surface area (Å²) in [6, 6.07) is 17.7. The van der Waals surface area contributed by atoms with E-state index in [0.29, 0.717) is 17.9 Å². The van der Waals surface area contributed by atoms with Gasteiger partial charge in [0, 0.05) is 12.3 Å². The molecule has 204 valence electrons. The summed E-state index contributed by atoms with van der Waals surface area (Å²) in [6.45, 7) is 4.51. The lowest BCUT2D eigenvalue weighted by Gasteiger charge is -2.18. The van der Waals surface area contributed by atoms with Crippen LogP contribution in [0.25, 0.3) is 16.0 Å². The number of fused-ring (bicyclic) bond motifs is 1. The van der Waals surface area contributed by atoms with Gasteiger partial charge in [-0.3, -0.25) is 9.52 Å². The first kappa shape index (κ1) is 27.1. The summed E-state index contributed by atoms with van der Waals surface area (Å²) >= 11 is 0. The molecule has 2 aliphatic rings. The molecule has 1 unspecified atom stereocenters. The Balaban J connectivity index is 1.32. The maximum atomic E-state index is 12.0. The maximum absolute atomic E-state index is 12.0. The Bertz CT molecular complexity index is 1570. The van der Waals surface area contributed by atoms with Crippen molar-refractivity contribution in [3.63, 3.8) is 0 Å². The first-order valence-corrected chi connectivity index (χ1v) is 16.1. The van der Waals surface area contributed by atoms with Crippen molar-refractivity contribution in [1.82, 2.24) is 4.72 Å². The zero-order chi connectivity index (χ0) is 27.7. The number of rotatable bonds is 9. The fourth-order valence-electron chi connectivity index (χ4n) is 5.32. The molecule has 5 rings (SSSR count). The average Bonchev–Trinajstić information content (AvgIpc) is 3.44. The lowest BCUT2D eigenvalue weighted by Crippen LogP contribution is -2.16. The summed E-state index contributed by atoms with van der Waals surface area (Å²) in [5.41, 5.74) is 7.76. The van der Waals surface area contributed by atoms with Gasteiger partial charge in [-0.1, -0.05) is 30.3 Å². The van der Waals surface area contributed by atoms with Crippen molar-refractivity contribution < 1.29 is 26.9 Å². The van der Waals surface area contributed by atoms with Gasteiger partial charge in [-0.05, 0) is 96.3 Å². The number of carbonyl (C=O) groups is 1. The predicted molar refractivity (Wildman–Crippen MR) is 154 cm³/mol. The highest BCUT2D eigenvalue weighted by Crippen LogP contribution is 2.42. The Labute approximate surface area is 231 Å². The molecule has 0 aromatic heterocycles. The largest absolute Gasteiger partial charge is 0.494 e. The van der Waals surface area contributed by atoms with Gasteiger partial charge in [0.2, 0.25) is 0 Å². The molecule has 9 heteroatoms. The van der Waals surface area contributed by atoms with E-state index < -0.39 is 20.8 Å². The van der Waals surface area contributed by atoms with Crippen LogP contribution in [0.1, 0.15) is 46.8 Å². The van der Waals surface area contributed by atoms with Crippen molar-refractivity contribution in [3.8, 4) is 22.6 Å². The number of hydrogen-bond donors (Lipinski definition) is 1. The van der Waals surface area contributed by atoms with Crippen molar-refractivity contribution in [3.05, 3.63) is 88.5 Å². The molecule has 1 aliphatic heterocycles. The van der Waals surface area contributed by atoms with E-state index in [4.69, 9.17) is 9.47 Å². The smallest absolute Gasteiger partial charge is 0.257 e. The molecule has 0 spiro atoms. The predicted octanol–water partition coefficient (Wildman–Crippen LogP) is 4.98. The molecule has 7 nitrogen and oxygen atoms in total. The second-order valence-electron chi connectivity index (χ2n) is 10.1. The normalized spacial score (nSPS) is 18.4. The molecule has 0 bridgehead atoms. The topological polar surface area (TPSA) is 98.8 Å². The van der Waals surface area contributed by atoms with E-state index >= 15 is 0 Å². The van der Waals surface area contributed by atoms with Crippen LogP contribution in [0.15, 0.2) is 60.7 Å². The summed E-state index contributed by atoms with van der Waals surface area (Å²) in [7, 11) is -4.52. The van der Waals surface area contributed by atoms with Crippen LogP contribution in [0, 0.1) is 13.8 Å². The molecule has 0 saturated carbocycles. The number of sulfone groups is 1. The summed E-state index contributed by atoms with van der Waals surface area (Å²) in [4.78, 5) is 12.0. The maximum Gasteiger partial charge on any atom is 0.257 e. The minimum absolute atomic E-state index is 0.0769. The number of carbonyl (C=O) groups excluding carboxylic acids is 1. The van der Waals surface area contributed by atoms with Crippen LogP contribution in [-0.4, -0.2) is 37.1 Å². The van der Waals surface area contributed by atoms with Gasteiger partial charge in [0.25, 0.3) is 5.91 Å². The Morgan fingerprint density at radius 2 is 1.74 bits per heavy atom. The molecule has 2 atom stereocenters. The van der Waals surface area contributed by atoms with Crippen LogP contribution in [-0.2, 0) is 32.0 Å². The van der Waals surface area contributed by atoms with Crippen molar-refractivity contribution in [2.75, 3.05) is 18.6 Å². The standard InChI is InChI=1S/C30H31NO6S2/c1-19-16-23(36-14-5-15-39(3,34)35)17-20(2)30(19)26-7-4-6-25-24(26)12-13-27(25)37-22-10-8-21(9-11-22)28-18-29(32)31-38(28)33/h4,6-11,16-18,27H,5,12-15H2,1-3H3,(H,31,32)/t27-,38?/m1/s1. The number of ether oxygens (including phenoxy) is 2. The molecule has 3 aromatic rings. The second-order valence-corrected chi connectivity index (χ2v) is 13.5. The number of amides is 1. The van der Waals surface area contributed by atoms with Crippen LogP contribution < -0.4 is 14.2 Å². The molecular weight excluding hydrogens is 534 g/mol. The molecular formula is C30H31NO6S2. The molecule has 1 aliphatic carbocycles. The first-order chi connectivity index (χ1) is 18.6. The van der Waals surface area contributed by atoms with Gasteiger partial charge in [0.05, 0.1) is 17.3 Å². The highest BCUT2D eigenvalue weighted by Gasteiger charge is 2.28. The Kier molecular flexibility index (Phi) is 7.64. The van der Waals surface area contributed by atoms with Gasteiger partial charge in [-0.25, -0.2) is 12.6 Å². The van der Waals surface area contributed by atoms with Gasteiger partial charge >= 0.3 is 0 Å². The fourth-order valence-corrected chi connectivity index (χ4v) is 6.87. The SMILES string of the molecule is Cc1cc(OCCCS(C)(=O)=O)cc(C)c1-c1cccc2c1CC[C@H]2Oc1ccc(C2=CC(=O)NS2=O)cc1. The van der Waals surface area contributed by atoms with E-state index in [0.717, 1.165) is 41.0 Å². The fraction of sp³-hybridized carbons (Fsp3) is 0.300. The van der Waals surface area contributed by atoms with E-state index in [1.165, 1.54) is 34.6 Å². The number of benzene rings is 3. The molecule has 1 amide bonds. The van der Waals surface area contributed by atoms with E-state index in [2.05, 4.69) is 36.8 Å². The van der Waals surface area contributed by atoms with Crippen molar-refractivity contribution in [2.45, 2.75) is 39.2 Å². The first-order valence-electron chi connectivity index (χ1n) is 12.8. The van der Waals surface area contributed by atoms with Crippen LogP contribution in [0.4, 0.5) is 0 Å². The van der Waals surface area contributed by atoms with Crippen molar-refractivity contribution in [1.29, 1.82) is 0 Å². The van der Waals surface area contributed by atoms with E-state index in [9.17, 15) is 17.4 Å². The minimum atomic E-state index is -2.99. The lowest BCUT2D eigenvalue weighted by molar-refractivity contribution is -0.114. The van der Waals surface area contributed by atoms with E-state index in [1.807, 2.05) is 36.4 Å². The zero-order valence-corrected chi connectivity index (χ0v) is 23.8. The van der Waals surface area contributed by atoms with Crippen LogP contribution in [0.2, 0.25) is 0 Å². The van der Waals surface area contributed by atoms with Crippen molar-refractivity contribution in [2.24, 2.45) is 0 Å². The van der Waals surface area contributed by atoms with Gasteiger partial charge in [0.15, 0.2) is 11.0 Å². The molecule has 1 N–H and O–H groups in total. The molecule has 39 heavy (non-hydrogen) atoms. The summed E-state index contributed by atoms with van der Waals surface area (Å²) in [5, 5.41) is 0. The summed E-state index contributed by atoms with van der Waals surface area (Å²) < 4.78 is 49.4. The molecule has 0 radical (unpaired) electrons. The number of hydrogen-bond acceptors (Lipinski definition) is 6. The second kappa shape index (κ2) is 11.0. The monoisotopic (exact) mass is 565 g/mol. The summed E-state index contributed by atoms with van der Waals surface area (Å²) in [6.07, 6.45) is 4.75. The summed E-state index contributed by atoms with van der Waals surface area (Å²) in [5.74, 6) is 1.23. The van der Waals surface area contributed by atoms with Gasteiger partial charge in [0.1, 0.15) is 27.4 Å². The zero-order valence-electron chi connectivity index (χ0n) is 22.2. The Morgan fingerprint density at radius 3 is 2.38 bits per heavy atom. The number of aryl methyl sites for hydroxylation is 2. The third kappa shape index (κ3) is 6.09. The average molecular weight is 566 g/mol. The van der Waals surface area contributed by atoms with Gasteiger partial charge in [-0.15, -0.1) is 0 Å². The third-order valence-corrected chi connectivity index (χ3v) is 9.16. The van der Waals surface area contributed by atoms with Crippen LogP contribution in [0.5, 0.6) is 11.5 Å². The van der Waals surface area contributed by atoms with Gasteiger partial charge < -0.3 is 9.47 Å². The highest BCUT2D eigenvalue weighted by molar-refractivity contribution is 7.94. The van der Waals surface area contributed by atoms with Gasteiger partial charge in [-0.2, -0.15) is 0 Å². The van der Waals surface area contributed by atoms with Crippen LogP contribution in [0.3, 0.4) is 0 Å². The number of nitrogens with one attached hydrogen (secondary N) is 1. The molecule has 3 aromatic carbocycles. The van der Waals surface area contributed by atoms with Crippen molar-refractivity contribution >= 4 is 31.6 Å². The quantitative estimate of drug-likeness (QED) is 0.367.